The van der Waals surface area contributed by atoms with E-state index in [1.54, 1.807) is 30.3 Å². The van der Waals surface area contributed by atoms with Gasteiger partial charge >= 0.3 is 11.8 Å². The Morgan fingerprint density at radius 1 is 1.00 bits per heavy atom. The fourth-order valence-corrected chi connectivity index (χ4v) is 2.79. The molecule has 2 aromatic carbocycles. The number of methoxy groups -OCH3 is 3. The van der Waals surface area contributed by atoms with E-state index in [1.807, 2.05) is 0 Å². The van der Waals surface area contributed by atoms with Gasteiger partial charge in [0.05, 0.1) is 27.5 Å². The zero-order valence-corrected chi connectivity index (χ0v) is 17.4. The zero-order valence-electron chi connectivity index (χ0n) is 15.9. The Morgan fingerprint density at radius 3 is 2.21 bits per heavy atom. The molecule has 0 radical (unpaired) electrons. The van der Waals surface area contributed by atoms with Gasteiger partial charge in [0.15, 0.2) is 11.5 Å². The SMILES string of the molecule is COc1cc(/C=N/NC(=O)C(=O)NCc2ccc(Cl)cc2Cl)cc(OC)c1OC. The summed E-state index contributed by atoms with van der Waals surface area (Å²) in [7, 11) is 4.46. The third-order valence-electron chi connectivity index (χ3n) is 3.73. The third-order valence-corrected chi connectivity index (χ3v) is 4.31. The lowest BCUT2D eigenvalue weighted by molar-refractivity contribution is -0.139. The van der Waals surface area contributed by atoms with Gasteiger partial charge in [-0.3, -0.25) is 9.59 Å². The number of benzene rings is 2. The summed E-state index contributed by atoms with van der Waals surface area (Å²) in [4.78, 5) is 23.8. The van der Waals surface area contributed by atoms with E-state index in [0.717, 1.165) is 0 Å². The minimum absolute atomic E-state index is 0.0683. The Labute approximate surface area is 177 Å². The Hall–Kier alpha value is -2.97. The van der Waals surface area contributed by atoms with E-state index in [-0.39, 0.29) is 6.54 Å². The molecule has 0 saturated heterocycles. The van der Waals surface area contributed by atoms with Crippen LogP contribution in [0.2, 0.25) is 10.0 Å². The summed E-state index contributed by atoms with van der Waals surface area (Å²) < 4.78 is 15.7. The Morgan fingerprint density at radius 2 is 1.66 bits per heavy atom. The van der Waals surface area contributed by atoms with Crippen molar-refractivity contribution in [2.75, 3.05) is 21.3 Å². The largest absolute Gasteiger partial charge is 0.493 e. The molecule has 2 rings (SSSR count). The standard InChI is InChI=1S/C19H19Cl2N3O5/c1-27-15-6-11(7-16(28-2)17(15)29-3)9-23-24-19(26)18(25)22-10-12-4-5-13(20)8-14(12)21/h4-9H,10H2,1-3H3,(H,22,25)(H,24,26)/b23-9+. The first-order valence-electron chi connectivity index (χ1n) is 8.24. The number of halogens is 2. The molecule has 0 aliphatic rings. The van der Waals surface area contributed by atoms with Crippen LogP contribution in [0.1, 0.15) is 11.1 Å². The maximum atomic E-state index is 11.9. The number of nitrogens with zero attached hydrogens (tertiary/aromatic N) is 1. The van der Waals surface area contributed by atoms with Crippen LogP contribution in [0.5, 0.6) is 17.2 Å². The molecule has 8 nitrogen and oxygen atoms in total. The Kier molecular flexibility index (Phi) is 8.11. The lowest BCUT2D eigenvalue weighted by Gasteiger charge is -2.12. The minimum atomic E-state index is -0.932. The summed E-state index contributed by atoms with van der Waals surface area (Å²) in [5.41, 5.74) is 3.33. The highest BCUT2D eigenvalue weighted by Gasteiger charge is 2.14. The van der Waals surface area contributed by atoms with Crippen molar-refractivity contribution in [1.82, 2.24) is 10.7 Å². The van der Waals surface area contributed by atoms with Gasteiger partial charge in [-0.2, -0.15) is 5.10 Å². The first-order chi connectivity index (χ1) is 13.9. The maximum absolute atomic E-state index is 11.9. The maximum Gasteiger partial charge on any atom is 0.329 e. The van der Waals surface area contributed by atoms with E-state index in [9.17, 15) is 9.59 Å². The van der Waals surface area contributed by atoms with Gasteiger partial charge in [-0.1, -0.05) is 29.3 Å². The number of hydrogen-bond acceptors (Lipinski definition) is 6. The molecule has 0 aliphatic heterocycles. The molecule has 29 heavy (non-hydrogen) atoms. The van der Waals surface area contributed by atoms with E-state index in [4.69, 9.17) is 37.4 Å². The highest BCUT2D eigenvalue weighted by Crippen LogP contribution is 2.37. The van der Waals surface area contributed by atoms with Crippen molar-refractivity contribution >= 4 is 41.2 Å². The minimum Gasteiger partial charge on any atom is -0.493 e. The lowest BCUT2D eigenvalue weighted by Crippen LogP contribution is -2.37. The zero-order chi connectivity index (χ0) is 21.4. The number of hydrogen-bond donors (Lipinski definition) is 2. The van der Waals surface area contributed by atoms with Crippen LogP contribution in [0, 0.1) is 0 Å². The van der Waals surface area contributed by atoms with Crippen molar-refractivity contribution in [2.24, 2.45) is 5.10 Å². The highest BCUT2D eigenvalue weighted by molar-refractivity contribution is 6.36. The van der Waals surface area contributed by atoms with E-state index in [1.165, 1.54) is 27.5 Å². The number of carbonyl (C=O) groups is 2. The first-order valence-corrected chi connectivity index (χ1v) is 9.00. The fraction of sp³-hybridized carbons (Fsp3) is 0.211. The summed E-state index contributed by atoms with van der Waals surface area (Å²) in [5, 5.41) is 7.09. The second kappa shape index (κ2) is 10.5. The van der Waals surface area contributed by atoms with Crippen LogP contribution in [0.15, 0.2) is 35.4 Å². The molecule has 0 atom stereocenters. The van der Waals surface area contributed by atoms with Crippen molar-refractivity contribution in [1.29, 1.82) is 0 Å². The van der Waals surface area contributed by atoms with Crippen LogP contribution >= 0.6 is 23.2 Å². The number of rotatable bonds is 7. The molecular weight excluding hydrogens is 421 g/mol. The summed E-state index contributed by atoms with van der Waals surface area (Å²) in [6.45, 7) is 0.0683. The van der Waals surface area contributed by atoms with Crippen molar-refractivity contribution in [2.45, 2.75) is 6.54 Å². The summed E-state index contributed by atoms with van der Waals surface area (Å²) in [5.74, 6) is -0.511. The molecule has 0 bridgehead atoms. The average molecular weight is 440 g/mol. The van der Waals surface area contributed by atoms with Crippen LogP contribution in [-0.4, -0.2) is 39.4 Å². The molecule has 2 amide bonds. The van der Waals surface area contributed by atoms with Crippen molar-refractivity contribution < 1.29 is 23.8 Å². The molecular formula is C19H19Cl2N3O5. The molecule has 0 fully saturated rings. The monoisotopic (exact) mass is 439 g/mol. The van der Waals surface area contributed by atoms with Crippen molar-refractivity contribution in [3.63, 3.8) is 0 Å². The highest BCUT2D eigenvalue weighted by atomic mass is 35.5. The summed E-state index contributed by atoms with van der Waals surface area (Å²) in [6.07, 6.45) is 1.34. The number of carbonyl (C=O) groups excluding carboxylic acids is 2. The van der Waals surface area contributed by atoms with E-state index >= 15 is 0 Å². The van der Waals surface area contributed by atoms with Crippen LogP contribution < -0.4 is 25.0 Å². The predicted molar refractivity (Wildman–Crippen MR) is 110 cm³/mol. The van der Waals surface area contributed by atoms with E-state index < -0.39 is 11.8 Å². The Balaban J connectivity index is 1.97. The molecule has 0 aromatic heterocycles. The van der Waals surface area contributed by atoms with E-state index in [2.05, 4.69) is 15.8 Å². The van der Waals surface area contributed by atoms with Crippen molar-refractivity contribution in [3.05, 3.63) is 51.5 Å². The topological polar surface area (TPSA) is 98.2 Å². The van der Waals surface area contributed by atoms with Gasteiger partial charge in [-0.05, 0) is 29.8 Å². The van der Waals surface area contributed by atoms with Gasteiger partial charge in [0, 0.05) is 22.2 Å². The van der Waals surface area contributed by atoms with E-state index in [0.29, 0.717) is 38.4 Å². The predicted octanol–water partition coefficient (Wildman–Crippen LogP) is 2.79. The molecule has 0 aliphatic carbocycles. The van der Waals surface area contributed by atoms with Crippen molar-refractivity contribution in [3.8, 4) is 17.2 Å². The second-order valence-corrected chi connectivity index (χ2v) is 6.42. The van der Waals surface area contributed by atoms with Gasteiger partial charge in [-0.15, -0.1) is 0 Å². The van der Waals surface area contributed by atoms with Crippen LogP contribution in [0.4, 0.5) is 0 Å². The number of amides is 2. The molecule has 0 heterocycles. The summed E-state index contributed by atoms with van der Waals surface area (Å²) in [6, 6.07) is 8.12. The molecule has 10 heteroatoms. The number of nitrogens with one attached hydrogen (secondary N) is 2. The van der Waals surface area contributed by atoms with Crippen LogP contribution in [-0.2, 0) is 16.1 Å². The smallest absolute Gasteiger partial charge is 0.329 e. The quantitative estimate of drug-likeness (QED) is 0.392. The average Bonchev–Trinajstić information content (AvgIpc) is 2.71. The van der Waals surface area contributed by atoms with Crippen LogP contribution in [0.25, 0.3) is 0 Å². The Bertz CT molecular complexity index is 909. The van der Waals surface area contributed by atoms with Gasteiger partial charge in [-0.25, -0.2) is 5.43 Å². The van der Waals surface area contributed by atoms with Gasteiger partial charge < -0.3 is 19.5 Å². The molecule has 154 valence electrons. The molecule has 0 unspecified atom stereocenters. The molecule has 0 saturated carbocycles. The van der Waals surface area contributed by atoms with Gasteiger partial charge in [0.1, 0.15) is 0 Å². The van der Waals surface area contributed by atoms with Gasteiger partial charge in [0.25, 0.3) is 0 Å². The molecule has 2 N–H and O–H groups in total. The lowest BCUT2D eigenvalue weighted by atomic mass is 10.2. The number of ether oxygens (including phenoxy) is 3. The van der Waals surface area contributed by atoms with Gasteiger partial charge in [0.2, 0.25) is 5.75 Å². The van der Waals surface area contributed by atoms with Crippen LogP contribution in [0.3, 0.4) is 0 Å². The first kappa shape index (κ1) is 22.3. The fourth-order valence-electron chi connectivity index (χ4n) is 2.31. The number of hydrazone groups is 1. The summed E-state index contributed by atoms with van der Waals surface area (Å²) >= 11 is 11.8. The normalized spacial score (nSPS) is 10.5. The third kappa shape index (κ3) is 6.00. The molecule has 2 aromatic rings. The second-order valence-electron chi connectivity index (χ2n) is 5.58. The molecule has 0 spiro atoms.